The van der Waals surface area contributed by atoms with Crippen molar-refractivity contribution in [3.05, 3.63) is 53.6 Å². The standard InChI is InChI=1S/C13H15FN2/c1-10-5-12(14)7-13(6-10)15-8-11-3-4-16(2)9-11/h3-7,9,15H,8H2,1-2H3. The summed E-state index contributed by atoms with van der Waals surface area (Å²) in [6.45, 7) is 2.60. The van der Waals surface area contributed by atoms with Crippen LogP contribution in [0.5, 0.6) is 0 Å². The summed E-state index contributed by atoms with van der Waals surface area (Å²) in [6, 6.07) is 7.01. The number of aryl methyl sites for hydroxylation is 2. The number of nitrogens with zero attached hydrogens (tertiary/aromatic N) is 1. The molecule has 0 spiro atoms. The van der Waals surface area contributed by atoms with Gasteiger partial charge < -0.3 is 9.88 Å². The number of hydrogen-bond donors (Lipinski definition) is 1. The molecule has 1 heterocycles. The minimum absolute atomic E-state index is 0.199. The van der Waals surface area contributed by atoms with Crippen LogP contribution in [0.2, 0.25) is 0 Å². The summed E-state index contributed by atoms with van der Waals surface area (Å²) in [5.74, 6) is -0.199. The van der Waals surface area contributed by atoms with E-state index in [4.69, 9.17) is 0 Å². The summed E-state index contributed by atoms with van der Waals surface area (Å²) >= 11 is 0. The number of halogens is 1. The number of aromatic nitrogens is 1. The van der Waals surface area contributed by atoms with Crippen LogP contribution in [0.1, 0.15) is 11.1 Å². The van der Waals surface area contributed by atoms with Crippen molar-refractivity contribution in [2.24, 2.45) is 7.05 Å². The Bertz CT molecular complexity index is 468. The van der Waals surface area contributed by atoms with E-state index in [1.54, 1.807) is 0 Å². The molecule has 0 aliphatic rings. The molecule has 0 aliphatic carbocycles. The van der Waals surface area contributed by atoms with Crippen LogP contribution in [0.25, 0.3) is 0 Å². The first kappa shape index (κ1) is 10.7. The Labute approximate surface area is 94.7 Å². The molecule has 2 aromatic rings. The zero-order chi connectivity index (χ0) is 11.5. The van der Waals surface area contributed by atoms with Crippen LogP contribution in [0, 0.1) is 12.7 Å². The normalized spacial score (nSPS) is 10.4. The van der Waals surface area contributed by atoms with E-state index in [1.165, 1.54) is 17.7 Å². The van der Waals surface area contributed by atoms with Gasteiger partial charge in [-0.3, -0.25) is 0 Å². The van der Waals surface area contributed by atoms with Crippen molar-refractivity contribution < 1.29 is 4.39 Å². The maximum absolute atomic E-state index is 13.1. The zero-order valence-electron chi connectivity index (χ0n) is 9.50. The number of benzene rings is 1. The molecule has 16 heavy (non-hydrogen) atoms. The summed E-state index contributed by atoms with van der Waals surface area (Å²) in [7, 11) is 1.98. The minimum atomic E-state index is -0.199. The highest BCUT2D eigenvalue weighted by molar-refractivity contribution is 5.46. The predicted molar refractivity (Wildman–Crippen MR) is 63.9 cm³/mol. The first-order valence-corrected chi connectivity index (χ1v) is 5.25. The summed E-state index contributed by atoms with van der Waals surface area (Å²) in [5.41, 5.74) is 2.93. The third-order valence-electron chi connectivity index (χ3n) is 2.43. The quantitative estimate of drug-likeness (QED) is 0.837. The molecule has 1 aromatic heterocycles. The Balaban J connectivity index is 2.04. The highest BCUT2D eigenvalue weighted by Gasteiger charge is 1.98. The van der Waals surface area contributed by atoms with Gasteiger partial charge in [0.2, 0.25) is 0 Å². The van der Waals surface area contributed by atoms with Gasteiger partial charge in [-0.2, -0.15) is 0 Å². The van der Waals surface area contributed by atoms with Crippen molar-refractivity contribution >= 4 is 5.69 Å². The molecule has 3 heteroatoms. The van der Waals surface area contributed by atoms with Gasteiger partial charge in [0.25, 0.3) is 0 Å². The lowest BCUT2D eigenvalue weighted by molar-refractivity contribution is 0.627. The SMILES string of the molecule is Cc1cc(F)cc(NCc2ccn(C)c2)c1. The van der Waals surface area contributed by atoms with Crippen LogP contribution in [0.15, 0.2) is 36.7 Å². The van der Waals surface area contributed by atoms with Crippen molar-refractivity contribution in [3.63, 3.8) is 0 Å². The third-order valence-corrected chi connectivity index (χ3v) is 2.43. The average molecular weight is 218 g/mol. The molecule has 0 radical (unpaired) electrons. The molecular weight excluding hydrogens is 203 g/mol. The second-order valence-electron chi connectivity index (χ2n) is 4.06. The maximum atomic E-state index is 13.1. The molecule has 0 amide bonds. The smallest absolute Gasteiger partial charge is 0.125 e. The highest BCUT2D eigenvalue weighted by atomic mass is 19.1. The molecule has 2 nitrogen and oxygen atoms in total. The molecule has 0 saturated carbocycles. The van der Waals surface area contributed by atoms with Crippen LogP contribution in [-0.2, 0) is 13.6 Å². The lowest BCUT2D eigenvalue weighted by Crippen LogP contribution is -1.99. The van der Waals surface area contributed by atoms with E-state index < -0.39 is 0 Å². The van der Waals surface area contributed by atoms with Crippen molar-refractivity contribution in [3.8, 4) is 0 Å². The fourth-order valence-corrected chi connectivity index (χ4v) is 1.71. The highest BCUT2D eigenvalue weighted by Crippen LogP contribution is 2.14. The Morgan fingerprint density at radius 1 is 1.31 bits per heavy atom. The van der Waals surface area contributed by atoms with E-state index in [1.807, 2.05) is 43.1 Å². The molecule has 0 aliphatic heterocycles. The average Bonchev–Trinajstić information content (AvgIpc) is 2.60. The second kappa shape index (κ2) is 4.39. The van der Waals surface area contributed by atoms with Crippen LogP contribution < -0.4 is 5.32 Å². The van der Waals surface area contributed by atoms with Crippen LogP contribution in [0.3, 0.4) is 0 Å². The van der Waals surface area contributed by atoms with E-state index >= 15 is 0 Å². The lowest BCUT2D eigenvalue weighted by Gasteiger charge is -2.06. The fourth-order valence-electron chi connectivity index (χ4n) is 1.71. The van der Waals surface area contributed by atoms with Gasteiger partial charge in [-0.15, -0.1) is 0 Å². The predicted octanol–water partition coefficient (Wildman–Crippen LogP) is 3.08. The largest absolute Gasteiger partial charge is 0.381 e. The monoisotopic (exact) mass is 218 g/mol. The van der Waals surface area contributed by atoms with E-state index in [0.717, 1.165) is 11.3 Å². The van der Waals surface area contributed by atoms with Crippen LogP contribution >= 0.6 is 0 Å². The topological polar surface area (TPSA) is 17.0 Å². The first-order chi connectivity index (χ1) is 7.63. The Morgan fingerprint density at radius 3 is 2.75 bits per heavy atom. The maximum Gasteiger partial charge on any atom is 0.125 e. The zero-order valence-corrected chi connectivity index (χ0v) is 9.50. The number of anilines is 1. The van der Waals surface area contributed by atoms with Gasteiger partial charge in [0, 0.05) is 31.7 Å². The van der Waals surface area contributed by atoms with E-state index in [-0.39, 0.29) is 5.82 Å². The van der Waals surface area contributed by atoms with Crippen molar-refractivity contribution in [1.82, 2.24) is 4.57 Å². The Kier molecular flexibility index (Phi) is 2.95. The molecule has 0 fully saturated rings. The Morgan fingerprint density at radius 2 is 2.12 bits per heavy atom. The number of rotatable bonds is 3. The van der Waals surface area contributed by atoms with Crippen molar-refractivity contribution in [2.45, 2.75) is 13.5 Å². The molecule has 1 aromatic carbocycles. The molecular formula is C13H15FN2. The van der Waals surface area contributed by atoms with Crippen molar-refractivity contribution in [2.75, 3.05) is 5.32 Å². The minimum Gasteiger partial charge on any atom is -0.381 e. The fraction of sp³-hybridized carbons (Fsp3) is 0.231. The first-order valence-electron chi connectivity index (χ1n) is 5.25. The van der Waals surface area contributed by atoms with Gasteiger partial charge in [-0.25, -0.2) is 4.39 Å². The number of nitrogens with one attached hydrogen (secondary N) is 1. The van der Waals surface area contributed by atoms with E-state index in [0.29, 0.717) is 6.54 Å². The lowest BCUT2D eigenvalue weighted by atomic mass is 10.2. The van der Waals surface area contributed by atoms with E-state index in [2.05, 4.69) is 5.32 Å². The molecule has 0 atom stereocenters. The summed E-state index contributed by atoms with van der Waals surface area (Å²) in [4.78, 5) is 0. The van der Waals surface area contributed by atoms with Gasteiger partial charge in [-0.1, -0.05) is 0 Å². The molecule has 1 N–H and O–H groups in total. The molecule has 2 rings (SSSR count). The third kappa shape index (κ3) is 2.63. The van der Waals surface area contributed by atoms with Gasteiger partial charge in [0.05, 0.1) is 0 Å². The number of hydrogen-bond acceptors (Lipinski definition) is 1. The van der Waals surface area contributed by atoms with Crippen molar-refractivity contribution in [1.29, 1.82) is 0 Å². The summed E-state index contributed by atoms with van der Waals surface area (Å²) in [5, 5.41) is 3.20. The van der Waals surface area contributed by atoms with Gasteiger partial charge >= 0.3 is 0 Å². The van der Waals surface area contributed by atoms with Gasteiger partial charge in [0.1, 0.15) is 5.82 Å². The molecule has 84 valence electrons. The summed E-state index contributed by atoms with van der Waals surface area (Å²) < 4.78 is 15.1. The van der Waals surface area contributed by atoms with Crippen LogP contribution in [0.4, 0.5) is 10.1 Å². The van der Waals surface area contributed by atoms with Gasteiger partial charge in [-0.05, 0) is 42.3 Å². The molecule has 0 saturated heterocycles. The Hall–Kier alpha value is -1.77. The summed E-state index contributed by atoms with van der Waals surface area (Å²) in [6.07, 6.45) is 4.03. The van der Waals surface area contributed by atoms with E-state index in [9.17, 15) is 4.39 Å². The van der Waals surface area contributed by atoms with Crippen LogP contribution in [-0.4, -0.2) is 4.57 Å². The molecule has 0 bridgehead atoms. The second-order valence-corrected chi connectivity index (χ2v) is 4.06. The van der Waals surface area contributed by atoms with Gasteiger partial charge in [0.15, 0.2) is 0 Å². The molecule has 0 unspecified atom stereocenters.